The molecular formula is C22H21Cl2F2N3O4S2. The molecule has 0 fully saturated rings. The Kier molecular flexibility index (Phi) is 7.95. The first-order valence-corrected chi connectivity index (χ1v) is 13.2. The number of sulfonamides is 1. The second-order valence-electron chi connectivity index (χ2n) is 8.34. The zero-order chi connectivity index (χ0) is 26.1. The van der Waals surface area contributed by atoms with Crippen molar-refractivity contribution in [2.75, 3.05) is 9.62 Å². The fraction of sp³-hybridized carbons (Fsp3) is 0.273. The predicted octanol–water partition coefficient (Wildman–Crippen LogP) is 7.03. The summed E-state index contributed by atoms with van der Waals surface area (Å²) in [6.07, 6.45) is -1.26. The lowest BCUT2D eigenvalue weighted by atomic mass is 10.1. The molecule has 1 heterocycles. The molecule has 0 spiro atoms. The number of amides is 1. The van der Waals surface area contributed by atoms with Crippen LogP contribution in [0, 0.1) is 11.6 Å². The first kappa shape index (κ1) is 27.1. The van der Waals surface area contributed by atoms with Gasteiger partial charge >= 0.3 is 6.09 Å². The van der Waals surface area contributed by atoms with Gasteiger partial charge < -0.3 is 10.1 Å². The first-order valence-electron chi connectivity index (χ1n) is 10.1. The van der Waals surface area contributed by atoms with Crippen molar-refractivity contribution >= 4 is 62.2 Å². The molecule has 1 aromatic heterocycles. The molecule has 1 N–H and O–H groups in total. The minimum absolute atomic E-state index is 0.00703. The van der Waals surface area contributed by atoms with Gasteiger partial charge in [0, 0.05) is 16.0 Å². The summed E-state index contributed by atoms with van der Waals surface area (Å²) in [7, 11) is -4.83. The standard InChI is InChI=1S/C22H21Cl2F2N3O4S2/c1-12(18-13(23)6-5-7-14(18)25)28-15-8-9-16(20(26)19(15)24)35(31,32)29(17-10-34-11-27-17)21(30)33-22(2,3)4/h5-12,28H,1-4H3/t12-/m0/s1. The molecule has 0 unspecified atom stereocenters. The van der Waals surface area contributed by atoms with E-state index < -0.39 is 49.3 Å². The second-order valence-corrected chi connectivity index (χ2v) is 11.6. The van der Waals surface area contributed by atoms with Gasteiger partial charge in [0.25, 0.3) is 10.0 Å². The molecule has 7 nitrogen and oxygen atoms in total. The van der Waals surface area contributed by atoms with Gasteiger partial charge in [0.1, 0.15) is 21.3 Å². The Morgan fingerprint density at radius 2 is 1.89 bits per heavy atom. The lowest BCUT2D eigenvalue weighted by Crippen LogP contribution is -2.41. The number of nitrogens with one attached hydrogen (secondary N) is 1. The maximum Gasteiger partial charge on any atom is 0.430 e. The van der Waals surface area contributed by atoms with Gasteiger partial charge in [-0.2, -0.15) is 0 Å². The topological polar surface area (TPSA) is 88.6 Å². The molecule has 3 rings (SSSR count). The van der Waals surface area contributed by atoms with Crippen LogP contribution in [0.2, 0.25) is 10.0 Å². The summed E-state index contributed by atoms with van der Waals surface area (Å²) in [5, 5.41) is 3.71. The van der Waals surface area contributed by atoms with Crippen LogP contribution in [0.1, 0.15) is 39.3 Å². The van der Waals surface area contributed by atoms with Crippen molar-refractivity contribution in [2.24, 2.45) is 0 Å². The molecule has 0 bridgehead atoms. The summed E-state index contributed by atoms with van der Waals surface area (Å²) in [6, 6.07) is 5.58. The van der Waals surface area contributed by atoms with E-state index in [9.17, 15) is 17.6 Å². The largest absolute Gasteiger partial charge is 0.443 e. The van der Waals surface area contributed by atoms with Crippen LogP contribution in [0.4, 0.5) is 25.1 Å². The Balaban J connectivity index is 2.01. The van der Waals surface area contributed by atoms with E-state index in [-0.39, 0.29) is 26.4 Å². The Morgan fingerprint density at radius 3 is 2.46 bits per heavy atom. The normalized spacial score (nSPS) is 12.8. The molecule has 0 saturated heterocycles. The molecule has 3 aromatic rings. The van der Waals surface area contributed by atoms with Gasteiger partial charge in [0.15, 0.2) is 11.6 Å². The van der Waals surface area contributed by atoms with Crippen LogP contribution in [0.3, 0.4) is 0 Å². The average Bonchev–Trinajstić information content (AvgIpc) is 3.23. The van der Waals surface area contributed by atoms with Crippen LogP contribution < -0.4 is 9.62 Å². The summed E-state index contributed by atoms with van der Waals surface area (Å²) in [6.45, 7) is 6.24. The van der Waals surface area contributed by atoms with Crippen LogP contribution in [-0.4, -0.2) is 25.1 Å². The summed E-state index contributed by atoms with van der Waals surface area (Å²) in [5.74, 6) is -2.15. The molecular weight excluding hydrogens is 543 g/mol. The lowest BCUT2D eigenvalue weighted by molar-refractivity contribution is 0.0608. The van der Waals surface area contributed by atoms with Crippen molar-refractivity contribution < 1.29 is 26.7 Å². The molecule has 188 valence electrons. The number of thiazole rings is 1. The third-order valence-electron chi connectivity index (χ3n) is 4.56. The van der Waals surface area contributed by atoms with Gasteiger partial charge in [-0.05, 0) is 52.0 Å². The highest BCUT2D eigenvalue weighted by molar-refractivity contribution is 7.93. The molecule has 0 aliphatic rings. The Hall–Kier alpha value is -2.47. The van der Waals surface area contributed by atoms with E-state index in [1.54, 1.807) is 27.7 Å². The van der Waals surface area contributed by atoms with E-state index in [1.165, 1.54) is 35.2 Å². The van der Waals surface area contributed by atoms with Crippen LogP contribution >= 0.6 is 34.5 Å². The number of rotatable bonds is 6. The van der Waals surface area contributed by atoms with Crippen molar-refractivity contribution in [3.05, 3.63) is 68.5 Å². The number of anilines is 2. The minimum atomic E-state index is -4.83. The monoisotopic (exact) mass is 563 g/mol. The molecule has 0 saturated carbocycles. The van der Waals surface area contributed by atoms with Crippen LogP contribution in [-0.2, 0) is 14.8 Å². The van der Waals surface area contributed by atoms with E-state index >= 15 is 4.39 Å². The van der Waals surface area contributed by atoms with Crippen LogP contribution in [0.25, 0.3) is 0 Å². The fourth-order valence-corrected chi connectivity index (χ4v) is 5.63. The summed E-state index contributed by atoms with van der Waals surface area (Å²) in [4.78, 5) is 15.8. The van der Waals surface area contributed by atoms with E-state index in [4.69, 9.17) is 27.9 Å². The Bertz CT molecular complexity index is 1330. The smallest absolute Gasteiger partial charge is 0.430 e. The molecule has 13 heteroatoms. The molecule has 1 atom stereocenters. The number of nitrogens with zero attached hydrogens (tertiary/aromatic N) is 2. The van der Waals surface area contributed by atoms with Crippen LogP contribution in [0.5, 0.6) is 0 Å². The number of aromatic nitrogens is 1. The number of carbonyl (C=O) groups is 1. The minimum Gasteiger partial charge on any atom is -0.443 e. The Morgan fingerprint density at radius 1 is 1.20 bits per heavy atom. The van der Waals surface area contributed by atoms with Crippen LogP contribution in [0.15, 0.2) is 46.1 Å². The number of halogens is 4. The van der Waals surface area contributed by atoms with Gasteiger partial charge in [-0.1, -0.05) is 29.3 Å². The number of hydrogen-bond donors (Lipinski definition) is 1. The maximum absolute atomic E-state index is 15.3. The van der Waals surface area contributed by atoms with E-state index in [1.807, 2.05) is 0 Å². The van der Waals surface area contributed by atoms with Crippen molar-refractivity contribution in [2.45, 2.75) is 44.2 Å². The number of ether oxygens (including phenoxy) is 1. The number of carbonyl (C=O) groups excluding carboxylic acids is 1. The quantitative estimate of drug-likeness (QED) is 0.346. The highest BCUT2D eigenvalue weighted by Gasteiger charge is 2.38. The second kappa shape index (κ2) is 10.3. The zero-order valence-corrected chi connectivity index (χ0v) is 22.1. The summed E-state index contributed by atoms with van der Waals surface area (Å²) in [5.41, 5.74) is 0.400. The zero-order valence-electron chi connectivity index (χ0n) is 19.0. The molecule has 0 aliphatic heterocycles. The lowest BCUT2D eigenvalue weighted by Gasteiger charge is -2.26. The van der Waals surface area contributed by atoms with Gasteiger partial charge in [-0.15, -0.1) is 15.6 Å². The molecule has 0 radical (unpaired) electrons. The molecule has 35 heavy (non-hydrogen) atoms. The first-order chi connectivity index (χ1) is 16.2. The fourth-order valence-electron chi connectivity index (χ4n) is 3.10. The van der Waals surface area contributed by atoms with Crippen molar-refractivity contribution in [1.82, 2.24) is 4.98 Å². The van der Waals surface area contributed by atoms with Gasteiger partial charge in [-0.3, -0.25) is 0 Å². The van der Waals surface area contributed by atoms with E-state index in [0.29, 0.717) is 0 Å². The average molecular weight is 564 g/mol. The third kappa shape index (κ3) is 5.85. The van der Waals surface area contributed by atoms with Gasteiger partial charge in [0.05, 0.1) is 17.2 Å². The van der Waals surface area contributed by atoms with Crippen molar-refractivity contribution in [1.29, 1.82) is 0 Å². The predicted molar refractivity (Wildman–Crippen MR) is 133 cm³/mol. The molecule has 2 aromatic carbocycles. The Labute approximate surface area is 215 Å². The number of hydrogen-bond acceptors (Lipinski definition) is 7. The molecule has 1 amide bonds. The van der Waals surface area contributed by atoms with Crippen molar-refractivity contribution in [3.63, 3.8) is 0 Å². The third-order valence-corrected chi connectivity index (χ3v) is 7.52. The van der Waals surface area contributed by atoms with Crippen molar-refractivity contribution in [3.8, 4) is 0 Å². The number of benzene rings is 2. The SMILES string of the molecule is C[C@H](Nc1ccc(S(=O)(=O)N(C(=O)OC(C)(C)C)c2cscn2)c(F)c1Cl)c1c(F)cccc1Cl. The van der Waals surface area contributed by atoms with E-state index in [2.05, 4.69) is 10.3 Å². The van der Waals surface area contributed by atoms with Gasteiger partial charge in [-0.25, -0.2) is 27.0 Å². The van der Waals surface area contributed by atoms with E-state index in [0.717, 1.165) is 17.4 Å². The highest BCUT2D eigenvalue weighted by atomic mass is 35.5. The van der Waals surface area contributed by atoms with Gasteiger partial charge in [0.2, 0.25) is 0 Å². The maximum atomic E-state index is 15.3. The highest BCUT2D eigenvalue weighted by Crippen LogP contribution is 2.36. The summed E-state index contributed by atoms with van der Waals surface area (Å²) >= 11 is 13.3. The molecule has 0 aliphatic carbocycles. The summed E-state index contributed by atoms with van der Waals surface area (Å²) < 4.78 is 61.8.